The smallest absolute Gasteiger partial charge is 0.240 e. The SMILES string of the molecule is CCCCCCC(C)Nc1ccc(S(=O)(=O)NC)cc1N. The fraction of sp³-hybridized carbons (Fsp3) is 0.600. The molecule has 1 rings (SSSR count). The van der Waals surface area contributed by atoms with Crippen LogP contribution < -0.4 is 15.8 Å². The first-order valence-electron chi connectivity index (χ1n) is 7.50. The second kappa shape index (κ2) is 8.24. The highest BCUT2D eigenvalue weighted by molar-refractivity contribution is 7.89. The minimum Gasteiger partial charge on any atom is -0.397 e. The van der Waals surface area contributed by atoms with E-state index < -0.39 is 10.0 Å². The van der Waals surface area contributed by atoms with Gasteiger partial charge in [-0.1, -0.05) is 32.6 Å². The van der Waals surface area contributed by atoms with E-state index in [0.29, 0.717) is 11.7 Å². The maximum atomic E-state index is 11.7. The van der Waals surface area contributed by atoms with E-state index in [9.17, 15) is 8.42 Å². The van der Waals surface area contributed by atoms with Gasteiger partial charge in [-0.3, -0.25) is 0 Å². The summed E-state index contributed by atoms with van der Waals surface area (Å²) in [5.41, 5.74) is 7.18. The monoisotopic (exact) mass is 313 g/mol. The molecule has 0 aromatic heterocycles. The van der Waals surface area contributed by atoms with Gasteiger partial charge in [0.25, 0.3) is 0 Å². The molecule has 21 heavy (non-hydrogen) atoms. The van der Waals surface area contributed by atoms with Crippen molar-refractivity contribution in [3.63, 3.8) is 0 Å². The van der Waals surface area contributed by atoms with Gasteiger partial charge in [0.05, 0.1) is 16.3 Å². The van der Waals surface area contributed by atoms with Gasteiger partial charge >= 0.3 is 0 Å². The summed E-state index contributed by atoms with van der Waals surface area (Å²) in [5, 5.41) is 3.34. The first kappa shape index (κ1) is 17.8. The van der Waals surface area contributed by atoms with E-state index in [1.807, 2.05) is 0 Å². The van der Waals surface area contributed by atoms with E-state index in [1.165, 1.54) is 38.8 Å². The number of nitrogens with one attached hydrogen (secondary N) is 2. The normalized spacial score (nSPS) is 13.1. The van der Waals surface area contributed by atoms with Gasteiger partial charge < -0.3 is 11.1 Å². The lowest BCUT2D eigenvalue weighted by Gasteiger charge is -2.17. The third kappa shape index (κ3) is 5.55. The number of nitrogens with two attached hydrogens (primary N) is 1. The predicted molar refractivity (Wildman–Crippen MR) is 88.9 cm³/mol. The molecule has 0 aliphatic rings. The Labute approximate surface area is 128 Å². The summed E-state index contributed by atoms with van der Waals surface area (Å²) in [7, 11) is -2.06. The molecule has 0 aliphatic heterocycles. The van der Waals surface area contributed by atoms with Crippen LogP contribution in [0.25, 0.3) is 0 Å². The number of anilines is 2. The van der Waals surface area contributed by atoms with Crippen LogP contribution in [0.5, 0.6) is 0 Å². The van der Waals surface area contributed by atoms with Crippen molar-refractivity contribution < 1.29 is 8.42 Å². The maximum absolute atomic E-state index is 11.7. The summed E-state index contributed by atoms with van der Waals surface area (Å²) < 4.78 is 25.7. The number of hydrogen-bond donors (Lipinski definition) is 3. The summed E-state index contributed by atoms with van der Waals surface area (Å²) in [6.45, 7) is 4.31. The van der Waals surface area contributed by atoms with Crippen LogP contribution in [0.2, 0.25) is 0 Å². The van der Waals surface area contributed by atoms with Crippen LogP contribution in [0.4, 0.5) is 11.4 Å². The first-order valence-corrected chi connectivity index (χ1v) is 8.98. The zero-order valence-electron chi connectivity index (χ0n) is 13.1. The summed E-state index contributed by atoms with van der Waals surface area (Å²) in [5.74, 6) is 0. The van der Waals surface area contributed by atoms with Crippen molar-refractivity contribution in [2.45, 2.75) is 56.9 Å². The molecule has 0 fully saturated rings. The largest absolute Gasteiger partial charge is 0.397 e. The van der Waals surface area contributed by atoms with E-state index in [0.717, 1.165) is 12.1 Å². The Morgan fingerprint density at radius 3 is 2.52 bits per heavy atom. The van der Waals surface area contributed by atoms with Crippen LogP contribution in [0.1, 0.15) is 46.0 Å². The average molecular weight is 313 g/mol. The molecule has 120 valence electrons. The highest BCUT2D eigenvalue weighted by Crippen LogP contribution is 2.24. The van der Waals surface area contributed by atoms with Crippen molar-refractivity contribution in [1.82, 2.24) is 4.72 Å². The first-order chi connectivity index (χ1) is 9.90. The zero-order chi connectivity index (χ0) is 15.9. The van der Waals surface area contributed by atoms with Gasteiger partial charge in [-0.05, 0) is 38.6 Å². The molecule has 6 heteroatoms. The van der Waals surface area contributed by atoms with Gasteiger partial charge in [-0.2, -0.15) is 0 Å². The number of hydrogen-bond acceptors (Lipinski definition) is 4. The molecule has 0 radical (unpaired) electrons. The fourth-order valence-electron chi connectivity index (χ4n) is 2.17. The second-order valence-electron chi connectivity index (χ2n) is 5.35. The van der Waals surface area contributed by atoms with E-state index in [2.05, 4.69) is 23.9 Å². The fourth-order valence-corrected chi connectivity index (χ4v) is 2.94. The predicted octanol–water partition coefficient (Wildman–Crippen LogP) is 2.95. The van der Waals surface area contributed by atoms with Gasteiger partial charge in [0.15, 0.2) is 0 Å². The average Bonchev–Trinajstić information content (AvgIpc) is 2.45. The third-order valence-electron chi connectivity index (χ3n) is 3.49. The lowest BCUT2D eigenvalue weighted by atomic mass is 10.1. The maximum Gasteiger partial charge on any atom is 0.240 e. The van der Waals surface area contributed by atoms with E-state index in [4.69, 9.17) is 5.73 Å². The van der Waals surface area contributed by atoms with Crippen LogP contribution in [-0.4, -0.2) is 21.5 Å². The summed E-state index contributed by atoms with van der Waals surface area (Å²) in [6, 6.07) is 5.09. The van der Waals surface area contributed by atoms with Crippen LogP contribution >= 0.6 is 0 Å². The number of benzene rings is 1. The van der Waals surface area contributed by atoms with Crippen molar-refractivity contribution in [3.05, 3.63) is 18.2 Å². The molecule has 5 nitrogen and oxygen atoms in total. The Balaban J connectivity index is 2.64. The van der Waals surface area contributed by atoms with Crippen molar-refractivity contribution >= 4 is 21.4 Å². The number of rotatable bonds is 9. The van der Waals surface area contributed by atoms with Crippen molar-refractivity contribution in [1.29, 1.82) is 0 Å². The topological polar surface area (TPSA) is 84.2 Å². The molecule has 1 unspecified atom stereocenters. The van der Waals surface area contributed by atoms with Crippen LogP contribution in [0, 0.1) is 0 Å². The Bertz CT molecular complexity index is 544. The van der Waals surface area contributed by atoms with Crippen LogP contribution in [0.3, 0.4) is 0 Å². The Morgan fingerprint density at radius 1 is 1.24 bits per heavy atom. The molecule has 4 N–H and O–H groups in total. The van der Waals surface area contributed by atoms with Gasteiger partial charge in [-0.15, -0.1) is 0 Å². The van der Waals surface area contributed by atoms with Crippen LogP contribution in [0.15, 0.2) is 23.1 Å². The molecular formula is C15H27N3O2S. The van der Waals surface area contributed by atoms with Crippen molar-refractivity contribution in [2.75, 3.05) is 18.1 Å². The molecule has 0 spiro atoms. The zero-order valence-corrected chi connectivity index (χ0v) is 14.0. The molecule has 1 aromatic carbocycles. The molecule has 0 saturated heterocycles. The van der Waals surface area contributed by atoms with Gasteiger partial charge in [-0.25, -0.2) is 13.1 Å². The number of sulfonamides is 1. The molecular weight excluding hydrogens is 286 g/mol. The molecule has 0 amide bonds. The summed E-state index contributed by atoms with van der Waals surface area (Å²) >= 11 is 0. The summed E-state index contributed by atoms with van der Waals surface area (Å²) in [4.78, 5) is 0.184. The third-order valence-corrected chi connectivity index (χ3v) is 4.91. The molecule has 0 aliphatic carbocycles. The lowest BCUT2D eigenvalue weighted by Crippen LogP contribution is -2.19. The Hall–Kier alpha value is -1.27. The molecule has 0 saturated carbocycles. The highest BCUT2D eigenvalue weighted by atomic mass is 32.2. The minimum atomic E-state index is -3.44. The number of nitrogen functional groups attached to an aromatic ring is 1. The van der Waals surface area contributed by atoms with E-state index in [-0.39, 0.29) is 4.90 Å². The summed E-state index contributed by atoms with van der Waals surface area (Å²) in [6.07, 6.45) is 6.02. The molecule has 0 bridgehead atoms. The number of unbranched alkanes of at least 4 members (excludes halogenated alkanes) is 3. The molecule has 1 atom stereocenters. The molecule has 0 heterocycles. The van der Waals surface area contributed by atoms with E-state index >= 15 is 0 Å². The highest BCUT2D eigenvalue weighted by Gasteiger charge is 2.13. The van der Waals surface area contributed by atoms with E-state index in [1.54, 1.807) is 12.1 Å². The molecule has 1 aromatic rings. The minimum absolute atomic E-state index is 0.184. The van der Waals surface area contributed by atoms with Gasteiger partial charge in [0.1, 0.15) is 0 Å². The standard InChI is InChI=1S/C15H27N3O2S/c1-4-5-6-7-8-12(2)18-15-10-9-13(11-14(15)16)21(19,20)17-3/h9-12,17-18H,4-8,16H2,1-3H3. The lowest BCUT2D eigenvalue weighted by molar-refractivity contribution is 0.588. The van der Waals surface area contributed by atoms with Gasteiger partial charge in [0, 0.05) is 6.04 Å². The van der Waals surface area contributed by atoms with Gasteiger partial charge in [0.2, 0.25) is 10.0 Å². The quantitative estimate of drug-likeness (QED) is 0.483. The van der Waals surface area contributed by atoms with Crippen LogP contribution in [-0.2, 0) is 10.0 Å². The van der Waals surface area contributed by atoms with Crippen molar-refractivity contribution in [2.24, 2.45) is 0 Å². The second-order valence-corrected chi connectivity index (χ2v) is 7.24. The Kier molecular flexibility index (Phi) is 6.98. The Morgan fingerprint density at radius 2 is 1.95 bits per heavy atom. The van der Waals surface area contributed by atoms with Crippen molar-refractivity contribution in [3.8, 4) is 0 Å².